The number of esters is 2. The Labute approximate surface area is 385 Å². The third-order valence-corrected chi connectivity index (χ3v) is 12.0. The highest BCUT2D eigenvalue weighted by Gasteiger charge is 2.44. The van der Waals surface area contributed by atoms with Gasteiger partial charge in [-0.05, 0) is 44.9 Å². The quantitative estimate of drug-likeness (QED) is 0.0264. The summed E-state index contributed by atoms with van der Waals surface area (Å²) in [5, 5.41) is 40.2. The molecule has 63 heavy (non-hydrogen) atoms. The van der Waals surface area contributed by atoms with Crippen LogP contribution in [0.3, 0.4) is 0 Å². The minimum atomic E-state index is -1.60. The zero-order valence-corrected chi connectivity index (χ0v) is 40.3. The van der Waals surface area contributed by atoms with Gasteiger partial charge < -0.3 is 39.4 Å². The molecule has 4 N–H and O–H groups in total. The third kappa shape index (κ3) is 34.9. The summed E-state index contributed by atoms with van der Waals surface area (Å²) in [6, 6.07) is 0. The van der Waals surface area contributed by atoms with Gasteiger partial charge in [0.2, 0.25) is 0 Å². The summed E-state index contributed by atoms with van der Waals surface area (Å²) >= 11 is 0. The van der Waals surface area contributed by atoms with Crippen LogP contribution in [0.25, 0.3) is 0 Å². The summed E-state index contributed by atoms with van der Waals surface area (Å²) < 4.78 is 22.2. The molecule has 0 aromatic carbocycles. The van der Waals surface area contributed by atoms with Gasteiger partial charge in [-0.25, -0.2) is 0 Å². The Morgan fingerprint density at radius 3 is 1.41 bits per heavy atom. The molecule has 1 rings (SSSR count). The fourth-order valence-corrected chi connectivity index (χ4v) is 7.97. The van der Waals surface area contributed by atoms with E-state index in [1.54, 1.807) is 0 Å². The maximum atomic E-state index is 12.8. The molecule has 0 saturated carbocycles. The van der Waals surface area contributed by atoms with E-state index >= 15 is 0 Å². The fourth-order valence-electron chi connectivity index (χ4n) is 7.97. The lowest BCUT2D eigenvalue weighted by Crippen LogP contribution is -2.59. The first-order valence-corrected chi connectivity index (χ1v) is 26.1. The maximum Gasteiger partial charge on any atom is 0.306 e. The second-order valence-corrected chi connectivity index (χ2v) is 18.0. The largest absolute Gasteiger partial charge is 0.462 e. The summed E-state index contributed by atoms with van der Waals surface area (Å²) in [6.07, 6.45) is 44.5. The number of hydrogen-bond acceptors (Lipinski definition) is 10. The first-order valence-electron chi connectivity index (χ1n) is 26.1. The van der Waals surface area contributed by atoms with Gasteiger partial charge in [-0.15, -0.1) is 0 Å². The van der Waals surface area contributed by atoms with Crippen molar-refractivity contribution < 1.29 is 49.0 Å². The molecule has 0 aliphatic carbocycles. The molecule has 368 valence electrons. The van der Waals surface area contributed by atoms with Crippen molar-refractivity contribution in [2.24, 2.45) is 0 Å². The van der Waals surface area contributed by atoms with Crippen molar-refractivity contribution in [2.45, 2.75) is 269 Å². The Morgan fingerprint density at radius 1 is 0.508 bits per heavy atom. The minimum Gasteiger partial charge on any atom is -0.462 e. The summed E-state index contributed by atoms with van der Waals surface area (Å²) in [5.41, 5.74) is 0. The lowest BCUT2D eigenvalue weighted by Gasteiger charge is -2.39. The van der Waals surface area contributed by atoms with E-state index in [-0.39, 0.29) is 32.0 Å². The Morgan fingerprint density at radius 2 is 0.937 bits per heavy atom. The molecule has 10 nitrogen and oxygen atoms in total. The Balaban J connectivity index is 2.22. The van der Waals surface area contributed by atoms with Gasteiger partial charge in [0.15, 0.2) is 12.4 Å². The maximum absolute atomic E-state index is 12.8. The topological polar surface area (TPSA) is 152 Å². The number of ether oxygens (including phenoxy) is 4. The number of carbonyl (C=O) groups excluding carboxylic acids is 2. The molecule has 6 atom stereocenters. The number of hydrogen-bond donors (Lipinski definition) is 4. The van der Waals surface area contributed by atoms with Crippen LogP contribution in [-0.4, -0.2) is 89.0 Å². The SMILES string of the molecule is CC/C=C/C/C=C/C/C=C/CCCCCCCC(=O)O[C@@H](COC(=O)CCCCCCCCCCCCCCCCCCCCCCCCC)CO[C@H]1O[C@@H](CO)[C@@H](O)C(O)C1O. The number of rotatable bonds is 44. The van der Waals surface area contributed by atoms with E-state index in [0.29, 0.717) is 6.42 Å². The van der Waals surface area contributed by atoms with E-state index in [4.69, 9.17) is 18.9 Å². The normalized spacial score (nSPS) is 19.7. The van der Waals surface area contributed by atoms with Gasteiger partial charge in [-0.3, -0.25) is 9.59 Å². The molecule has 10 heteroatoms. The second kappa shape index (κ2) is 43.8. The molecule has 1 aliphatic heterocycles. The zero-order valence-electron chi connectivity index (χ0n) is 40.3. The van der Waals surface area contributed by atoms with Gasteiger partial charge in [0.05, 0.1) is 13.2 Å². The summed E-state index contributed by atoms with van der Waals surface area (Å²) in [6.45, 7) is 3.33. The predicted molar refractivity (Wildman–Crippen MR) is 256 cm³/mol. The average molecular weight is 893 g/mol. The predicted octanol–water partition coefficient (Wildman–Crippen LogP) is 12.2. The van der Waals surface area contributed by atoms with Gasteiger partial charge in [0.25, 0.3) is 0 Å². The van der Waals surface area contributed by atoms with Crippen LogP contribution in [0.15, 0.2) is 36.5 Å². The van der Waals surface area contributed by atoms with E-state index in [2.05, 4.69) is 50.3 Å². The molecule has 0 radical (unpaired) electrons. The fraction of sp³-hybridized carbons (Fsp3) is 0.849. The highest BCUT2D eigenvalue weighted by Crippen LogP contribution is 2.23. The van der Waals surface area contributed by atoms with Crippen LogP contribution < -0.4 is 0 Å². The van der Waals surface area contributed by atoms with Gasteiger partial charge in [0.1, 0.15) is 31.0 Å². The number of unbranched alkanes of at least 4 members (excludes halogenated alkanes) is 27. The number of aliphatic hydroxyl groups excluding tert-OH is 4. The van der Waals surface area contributed by atoms with Crippen molar-refractivity contribution in [1.29, 1.82) is 0 Å². The van der Waals surface area contributed by atoms with E-state index in [1.807, 2.05) is 0 Å². The van der Waals surface area contributed by atoms with Gasteiger partial charge in [-0.2, -0.15) is 0 Å². The molecule has 1 saturated heterocycles. The monoisotopic (exact) mass is 893 g/mol. The van der Waals surface area contributed by atoms with E-state index in [0.717, 1.165) is 70.6 Å². The van der Waals surface area contributed by atoms with Crippen LogP contribution in [-0.2, 0) is 28.5 Å². The van der Waals surface area contributed by atoms with E-state index < -0.39 is 49.4 Å². The van der Waals surface area contributed by atoms with Crippen molar-refractivity contribution in [3.63, 3.8) is 0 Å². The molecule has 0 spiro atoms. The van der Waals surface area contributed by atoms with Crippen LogP contribution in [0.4, 0.5) is 0 Å². The van der Waals surface area contributed by atoms with Crippen LogP contribution in [0, 0.1) is 0 Å². The molecule has 1 heterocycles. The standard InChI is InChI=1S/C53H96O10/c1-3-5-7-9-11-13-15-17-19-20-21-22-23-24-25-26-28-29-31-33-35-37-39-41-48(55)60-44-46(45-61-53-52(59)51(58)50(57)47(43-54)63-53)62-49(56)42-40-38-36-34-32-30-27-18-16-14-12-10-8-6-4-2/h6,8,12,14,18,27,46-47,50-54,57-59H,3-5,7,9-11,13,15-17,19-26,28-45H2,1-2H3/b8-6+,14-12+,27-18+/t46-,47-,50+,51?,52?,53-/m0/s1. The molecular formula is C53H96O10. The molecule has 1 fully saturated rings. The van der Waals surface area contributed by atoms with Gasteiger partial charge in [0, 0.05) is 12.8 Å². The highest BCUT2D eigenvalue weighted by atomic mass is 16.7. The Bertz CT molecular complexity index is 1120. The number of carbonyl (C=O) groups is 2. The van der Waals surface area contributed by atoms with Crippen molar-refractivity contribution >= 4 is 11.9 Å². The third-order valence-electron chi connectivity index (χ3n) is 12.0. The smallest absolute Gasteiger partial charge is 0.306 e. The molecular weight excluding hydrogens is 797 g/mol. The number of aliphatic hydroxyl groups is 4. The summed E-state index contributed by atoms with van der Waals surface area (Å²) in [5.74, 6) is -0.817. The minimum absolute atomic E-state index is 0.212. The van der Waals surface area contributed by atoms with Crippen molar-refractivity contribution in [3.8, 4) is 0 Å². The number of allylic oxidation sites excluding steroid dienone is 6. The molecule has 0 bridgehead atoms. The van der Waals surface area contributed by atoms with Crippen molar-refractivity contribution in [3.05, 3.63) is 36.5 Å². The highest BCUT2D eigenvalue weighted by molar-refractivity contribution is 5.70. The summed E-state index contributed by atoms with van der Waals surface area (Å²) in [4.78, 5) is 25.4. The average Bonchev–Trinajstić information content (AvgIpc) is 3.28. The Kier molecular flexibility index (Phi) is 41.0. The van der Waals surface area contributed by atoms with E-state index in [1.165, 1.54) is 128 Å². The van der Waals surface area contributed by atoms with Crippen LogP contribution >= 0.6 is 0 Å². The van der Waals surface area contributed by atoms with Crippen LogP contribution in [0.5, 0.6) is 0 Å². The van der Waals surface area contributed by atoms with Crippen molar-refractivity contribution in [2.75, 3.05) is 19.8 Å². The first kappa shape index (κ1) is 58.9. The molecule has 0 aromatic rings. The molecule has 1 aliphatic rings. The lowest BCUT2D eigenvalue weighted by atomic mass is 9.99. The Hall–Kier alpha value is -2.08. The lowest BCUT2D eigenvalue weighted by molar-refractivity contribution is -0.305. The van der Waals surface area contributed by atoms with Gasteiger partial charge >= 0.3 is 11.9 Å². The summed E-state index contributed by atoms with van der Waals surface area (Å²) in [7, 11) is 0. The van der Waals surface area contributed by atoms with Crippen LogP contribution in [0.1, 0.15) is 232 Å². The molecule has 2 unspecified atom stereocenters. The first-order chi connectivity index (χ1) is 30.8. The molecule has 0 amide bonds. The van der Waals surface area contributed by atoms with E-state index in [9.17, 15) is 30.0 Å². The van der Waals surface area contributed by atoms with Crippen molar-refractivity contribution in [1.82, 2.24) is 0 Å². The zero-order chi connectivity index (χ0) is 45.9. The molecule has 0 aromatic heterocycles. The second-order valence-electron chi connectivity index (χ2n) is 18.0. The van der Waals surface area contributed by atoms with Crippen LogP contribution in [0.2, 0.25) is 0 Å². The van der Waals surface area contributed by atoms with Gasteiger partial charge in [-0.1, -0.05) is 211 Å².